The molecule has 3 atom stereocenters. The molecule has 0 amide bonds. The van der Waals surface area contributed by atoms with E-state index < -0.39 is 10.0 Å². The molecule has 0 spiro atoms. The van der Waals surface area contributed by atoms with Crippen LogP contribution in [0.2, 0.25) is 0 Å². The fourth-order valence-electron chi connectivity index (χ4n) is 2.92. The molecule has 3 unspecified atom stereocenters. The number of hydrogen-bond acceptors (Lipinski definition) is 2. The summed E-state index contributed by atoms with van der Waals surface area (Å²) >= 11 is 0. The second kappa shape index (κ2) is 6.27. The molecule has 1 fully saturated rings. The monoisotopic (exact) mass is 295 g/mol. The molecule has 112 valence electrons. The molecule has 1 N–H and O–H groups in total. The fourth-order valence-corrected chi connectivity index (χ4v) is 4.28. The number of benzene rings is 1. The molecular weight excluding hydrogens is 270 g/mol. The lowest BCUT2D eigenvalue weighted by Gasteiger charge is -2.34. The molecular formula is C16H25NO2S. The third-order valence-corrected chi connectivity index (χ3v) is 6.16. The molecule has 1 aliphatic carbocycles. The van der Waals surface area contributed by atoms with Crippen molar-refractivity contribution in [1.82, 2.24) is 4.72 Å². The molecule has 0 radical (unpaired) electrons. The van der Waals surface area contributed by atoms with Gasteiger partial charge in [-0.15, -0.1) is 0 Å². The van der Waals surface area contributed by atoms with Gasteiger partial charge in [-0.3, -0.25) is 0 Å². The van der Waals surface area contributed by atoms with Gasteiger partial charge in [0.05, 0.1) is 4.90 Å². The van der Waals surface area contributed by atoms with Crippen LogP contribution in [0.3, 0.4) is 0 Å². The van der Waals surface area contributed by atoms with Crippen molar-refractivity contribution in [2.75, 3.05) is 0 Å². The van der Waals surface area contributed by atoms with E-state index in [1.165, 1.54) is 6.42 Å². The Kier molecular flexibility index (Phi) is 4.86. The van der Waals surface area contributed by atoms with Crippen LogP contribution in [0.1, 0.15) is 45.6 Å². The minimum absolute atomic E-state index is 0.0644. The van der Waals surface area contributed by atoms with Crippen LogP contribution in [0, 0.1) is 11.8 Å². The standard InChI is InChI=1S/C16H25NO2S/c1-4-14-8-10-15(11-9-14)20(18,19)17-16-7-5-6-12(2)13(16)3/h8-13,16-17H,4-7H2,1-3H3. The molecule has 1 aliphatic rings. The molecule has 0 saturated heterocycles. The average Bonchev–Trinajstić information content (AvgIpc) is 2.44. The molecule has 3 nitrogen and oxygen atoms in total. The Morgan fingerprint density at radius 2 is 1.80 bits per heavy atom. The van der Waals surface area contributed by atoms with E-state index >= 15 is 0 Å². The van der Waals surface area contributed by atoms with Crippen molar-refractivity contribution in [1.29, 1.82) is 0 Å². The Bertz CT molecular complexity index is 536. The van der Waals surface area contributed by atoms with Gasteiger partial charge in [-0.2, -0.15) is 0 Å². The van der Waals surface area contributed by atoms with Crippen molar-refractivity contribution in [2.24, 2.45) is 11.8 Å². The molecule has 2 rings (SSSR count). The molecule has 1 aromatic rings. The Balaban J connectivity index is 2.13. The van der Waals surface area contributed by atoms with Gasteiger partial charge in [0, 0.05) is 6.04 Å². The molecule has 4 heteroatoms. The zero-order chi connectivity index (χ0) is 14.8. The van der Waals surface area contributed by atoms with Crippen LogP contribution in [-0.2, 0) is 16.4 Å². The van der Waals surface area contributed by atoms with Crippen LogP contribution in [0.15, 0.2) is 29.2 Å². The van der Waals surface area contributed by atoms with E-state index in [1.54, 1.807) is 12.1 Å². The van der Waals surface area contributed by atoms with E-state index in [0.717, 1.165) is 24.8 Å². The summed E-state index contributed by atoms with van der Waals surface area (Å²) in [6.07, 6.45) is 4.17. The minimum atomic E-state index is -3.39. The second-order valence-electron chi connectivity index (χ2n) is 5.99. The third-order valence-electron chi connectivity index (χ3n) is 4.66. The van der Waals surface area contributed by atoms with Crippen molar-refractivity contribution in [2.45, 2.75) is 57.4 Å². The lowest BCUT2D eigenvalue weighted by molar-refractivity contribution is 0.227. The maximum Gasteiger partial charge on any atom is 0.240 e. The van der Waals surface area contributed by atoms with Gasteiger partial charge in [0.15, 0.2) is 0 Å². The predicted molar refractivity (Wildman–Crippen MR) is 82.1 cm³/mol. The SMILES string of the molecule is CCc1ccc(S(=O)(=O)NC2CCCC(C)C2C)cc1. The molecule has 0 bridgehead atoms. The van der Waals surface area contributed by atoms with Crippen LogP contribution in [0.4, 0.5) is 0 Å². The number of hydrogen-bond donors (Lipinski definition) is 1. The number of sulfonamides is 1. The van der Waals surface area contributed by atoms with E-state index in [2.05, 4.69) is 25.5 Å². The van der Waals surface area contributed by atoms with E-state index in [0.29, 0.717) is 16.7 Å². The highest BCUT2D eigenvalue weighted by Gasteiger charge is 2.30. The summed E-state index contributed by atoms with van der Waals surface area (Å²) in [4.78, 5) is 0.375. The molecule has 20 heavy (non-hydrogen) atoms. The van der Waals surface area contributed by atoms with Crippen LogP contribution in [0.25, 0.3) is 0 Å². The average molecular weight is 295 g/mol. The smallest absolute Gasteiger partial charge is 0.208 e. The van der Waals surface area contributed by atoms with Gasteiger partial charge in [-0.05, 0) is 42.4 Å². The number of aryl methyl sites for hydroxylation is 1. The summed E-state index contributed by atoms with van der Waals surface area (Å²) in [6.45, 7) is 6.42. The first kappa shape index (κ1) is 15.5. The van der Waals surface area contributed by atoms with Crippen molar-refractivity contribution < 1.29 is 8.42 Å². The van der Waals surface area contributed by atoms with Crippen LogP contribution in [-0.4, -0.2) is 14.5 Å². The highest BCUT2D eigenvalue weighted by molar-refractivity contribution is 7.89. The van der Waals surface area contributed by atoms with Crippen LogP contribution in [0.5, 0.6) is 0 Å². The van der Waals surface area contributed by atoms with Crippen LogP contribution >= 0.6 is 0 Å². The van der Waals surface area contributed by atoms with E-state index in [4.69, 9.17) is 0 Å². The largest absolute Gasteiger partial charge is 0.240 e. The summed E-state index contributed by atoms with van der Waals surface area (Å²) < 4.78 is 27.8. The van der Waals surface area contributed by atoms with Gasteiger partial charge in [0.25, 0.3) is 0 Å². The van der Waals surface area contributed by atoms with Crippen molar-refractivity contribution >= 4 is 10.0 Å². The quantitative estimate of drug-likeness (QED) is 0.926. The zero-order valence-corrected chi connectivity index (χ0v) is 13.4. The molecule has 0 aromatic heterocycles. The minimum Gasteiger partial charge on any atom is -0.208 e. The lowest BCUT2D eigenvalue weighted by atomic mass is 9.78. The third kappa shape index (κ3) is 3.41. The normalized spacial score (nSPS) is 27.4. The highest BCUT2D eigenvalue weighted by atomic mass is 32.2. The predicted octanol–water partition coefficient (Wildman–Crippen LogP) is 3.35. The highest BCUT2D eigenvalue weighted by Crippen LogP contribution is 2.30. The summed E-state index contributed by atoms with van der Waals surface area (Å²) in [5, 5.41) is 0. The zero-order valence-electron chi connectivity index (χ0n) is 12.6. The van der Waals surface area contributed by atoms with Crippen molar-refractivity contribution in [3.8, 4) is 0 Å². The first-order chi connectivity index (χ1) is 9.44. The fraction of sp³-hybridized carbons (Fsp3) is 0.625. The van der Waals surface area contributed by atoms with E-state index in [9.17, 15) is 8.42 Å². The lowest BCUT2D eigenvalue weighted by Crippen LogP contribution is -2.43. The van der Waals surface area contributed by atoms with E-state index in [-0.39, 0.29) is 6.04 Å². The number of rotatable bonds is 4. The Morgan fingerprint density at radius 1 is 1.15 bits per heavy atom. The Morgan fingerprint density at radius 3 is 2.40 bits per heavy atom. The topological polar surface area (TPSA) is 46.2 Å². The second-order valence-corrected chi connectivity index (χ2v) is 7.71. The summed E-state index contributed by atoms with van der Waals surface area (Å²) in [5.74, 6) is 0.979. The summed E-state index contributed by atoms with van der Waals surface area (Å²) in [5.41, 5.74) is 1.16. The van der Waals surface area contributed by atoms with Crippen LogP contribution < -0.4 is 4.72 Å². The maximum atomic E-state index is 12.4. The molecule has 0 heterocycles. The molecule has 0 aliphatic heterocycles. The summed E-state index contributed by atoms with van der Waals surface area (Å²) in [7, 11) is -3.39. The van der Waals surface area contributed by atoms with Gasteiger partial charge in [0.2, 0.25) is 10.0 Å². The van der Waals surface area contributed by atoms with Gasteiger partial charge in [-0.25, -0.2) is 13.1 Å². The number of nitrogens with one attached hydrogen (secondary N) is 1. The van der Waals surface area contributed by atoms with Gasteiger partial charge in [-0.1, -0.05) is 45.7 Å². The Labute approximate surface area is 122 Å². The van der Waals surface area contributed by atoms with Crippen molar-refractivity contribution in [3.05, 3.63) is 29.8 Å². The molecule has 1 saturated carbocycles. The van der Waals surface area contributed by atoms with Gasteiger partial charge >= 0.3 is 0 Å². The van der Waals surface area contributed by atoms with E-state index in [1.807, 2.05) is 12.1 Å². The van der Waals surface area contributed by atoms with Crippen molar-refractivity contribution in [3.63, 3.8) is 0 Å². The molecule has 1 aromatic carbocycles. The van der Waals surface area contributed by atoms with Gasteiger partial charge in [0.1, 0.15) is 0 Å². The maximum absolute atomic E-state index is 12.4. The van der Waals surface area contributed by atoms with Gasteiger partial charge < -0.3 is 0 Å². The summed E-state index contributed by atoms with van der Waals surface area (Å²) in [6, 6.07) is 7.26. The Hall–Kier alpha value is -0.870. The first-order valence-corrected chi connectivity index (χ1v) is 9.03. The first-order valence-electron chi connectivity index (χ1n) is 7.55.